The summed E-state index contributed by atoms with van der Waals surface area (Å²) in [6, 6.07) is 34.3. The fraction of sp³-hybridized carbons (Fsp3) is 0.118. The number of pyridine rings is 1. The van der Waals surface area contributed by atoms with Gasteiger partial charge in [0, 0.05) is 28.4 Å². The summed E-state index contributed by atoms with van der Waals surface area (Å²) < 4.78 is 0. The molecule has 1 aromatic heterocycles. The molecule has 0 bridgehead atoms. The van der Waals surface area contributed by atoms with E-state index in [1.54, 1.807) is 0 Å². The lowest BCUT2D eigenvalue weighted by Crippen LogP contribution is -2.28. The second-order valence-corrected chi connectivity index (χ2v) is 9.19. The van der Waals surface area contributed by atoms with Crippen molar-refractivity contribution in [3.63, 3.8) is 0 Å². The molecule has 0 aliphatic heterocycles. The molecule has 0 radical (unpaired) electrons. The summed E-state index contributed by atoms with van der Waals surface area (Å²) in [5.74, 6) is 0.761. The van der Waals surface area contributed by atoms with Crippen molar-refractivity contribution < 1.29 is 0 Å². The molecule has 0 unspecified atom stereocenters. The third-order valence-corrected chi connectivity index (χ3v) is 6.74. The first-order valence-corrected chi connectivity index (χ1v) is 12.4. The van der Waals surface area contributed by atoms with E-state index in [2.05, 4.69) is 125 Å². The standard InChI is InChI=1S/C34H30N2/c1-5-26-11-6-9-16-32(26)33(29-14-10-13-28(21-29)27-19-17-23(2)18-20-27)25(4)36-34-24(3)31-15-8-7-12-30(31)22-35-34/h5-22H,1-4H3/b26-5-,33-32+,36-25+. The summed E-state index contributed by atoms with van der Waals surface area (Å²) in [5.41, 5.74) is 7.95. The van der Waals surface area contributed by atoms with E-state index in [4.69, 9.17) is 9.98 Å². The van der Waals surface area contributed by atoms with Gasteiger partial charge in [-0.25, -0.2) is 9.98 Å². The van der Waals surface area contributed by atoms with Crippen LogP contribution in [0.25, 0.3) is 33.5 Å². The van der Waals surface area contributed by atoms with Gasteiger partial charge in [0.25, 0.3) is 0 Å². The Morgan fingerprint density at radius 3 is 2.33 bits per heavy atom. The van der Waals surface area contributed by atoms with Crippen LogP contribution < -0.4 is 10.4 Å². The Kier molecular flexibility index (Phi) is 6.60. The highest BCUT2D eigenvalue weighted by molar-refractivity contribution is 6.23. The number of aliphatic imine (C=N–C) groups is 1. The Labute approximate surface area is 213 Å². The van der Waals surface area contributed by atoms with Crippen molar-refractivity contribution in [1.29, 1.82) is 0 Å². The molecule has 1 heterocycles. The van der Waals surface area contributed by atoms with Crippen LogP contribution in [0.2, 0.25) is 0 Å². The van der Waals surface area contributed by atoms with E-state index in [0.29, 0.717) is 0 Å². The van der Waals surface area contributed by atoms with Crippen molar-refractivity contribution in [1.82, 2.24) is 4.98 Å². The Hall–Kier alpha value is -4.30. The van der Waals surface area contributed by atoms with Gasteiger partial charge in [0.05, 0.1) is 0 Å². The summed E-state index contributed by atoms with van der Waals surface area (Å²) in [7, 11) is 0. The van der Waals surface area contributed by atoms with Gasteiger partial charge in [-0.15, -0.1) is 0 Å². The zero-order valence-corrected chi connectivity index (χ0v) is 21.3. The van der Waals surface area contributed by atoms with E-state index in [-0.39, 0.29) is 0 Å². The average Bonchev–Trinajstić information content (AvgIpc) is 2.91. The van der Waals surface area contributed by atoms with Crippen molar-refractivity contribution in [3.05, 3.63) is 130 Å². The molecular weight excluding hydrogens is 436 g/mol. The van der Waals surface area contributed by atoms with Crippen molar-refractivity contribution in [2.75, 3.05) is 0 Å². The maximum Gasteiger partial charge on any atom is 0.155 e. The number of hydrogen-bond acceptors (Lipinski definition) is 2. The number of rotatable bonds is 4. The molecule has 0 saturated carbocycles. The first-order valence-electron chi connectivity index (χ1n) is 12.4. The lowest BCUT2D eigenvalue weighted by Gasteiger charge is -2.12. The van der Waals surface area contributed by atoms with E-state index in [1.807, 2.05) is 12.3 Å². The quantitative estimate of drug-likeness (QED) is 0.255. The highest BCUT2D eigenvalue weighted by Gasteiger charge is 2.12. The van der Waals surface area contributed by atoms with Crippen LogP contribution in [-0.2, 0) is 0 Å². The van der Waals surface area contributed by atoms with Crippen LogP contribution in [0.15, 0.2) is 108 Å². The molecule has 176 valence electrons. The fourth-order valence-corrected chi connectivity index (χ4v) is 4.76. The minimum atomic E-state index is 0.761. The SMILES string of the molecule is C/C=c1/cccc/c1=C(/C(C)=N/c1ncc2ccccc2c1C)c1cccc(-c2ccc(C)cc2)c1. The summed E-state index contributed by atoms with van der Waals surface area (Å²) in [4.78, 5) is 9.83. The second-order valence-electron chi connectivity index (χ2n) is 9.19. The first kappa shape index (κ1) is 23.4. The zero-order chi connectivity index (χ0) is 25.1. The normalized spacial score (nSPS) is 13.2. The van der Waals surface area contributed by atoms with Crippen molar-refractivity contribution in [3.8, 4) is 11.1 Å². The molecule has 2 heteroatoms. The zero-order valence-electron chi connectivity index (χ0n) is 21.3. The molecule has 0 atom stereocenters. The van der Waals surface area contributed by atoms with Crippen LogP contribution in [0.4, 0.5) is 5.82 Å². The van der Waals surface area contributed by atoms with Crippen LogP contribution in [0.3, 0.4) is 0 Å². The van der Waals surface area contributed by atoms with Gasteiger partial charge in [0.15, 0.2) is 5.82 Å². The van der Waals surface area contributed by atoms with Gasteiger partial charge < -0.3 is 0 Å². The minimum absolute atomic E-state index is 0.761. The van der Waals surface area contributed by atoms with Crippen molar-refractivity contribution in [2.24, 2.45) is 4.99 Å². The Balaban J connectivity index is 1.74. The lowest BCUT2D eigenvalue weighted by atomic mass is 9.94. The van der Waals surface area contributed by atoms with Crippen LogP contribution in [0.1, 0.15) is 30.5 Å². The molecule has 0 amide bonds. The predicted octanol–water partition coefficient (Wildman–Crippen LogP) is 7.31. The molecule has 0 aliphatic rings. The topological polar surface area (TPSA) is 25.2 Å². The molecule has 5 rings (SSSR count). The predicted molar refractivity (Wildman–Crippen MR) is 154 cm³/mol. The summed E-state index contributed by atoms with van der Waals surface area (Å²) in [6.07, 6.45) is 4.08. The van der Waals surface area contributed by atoms with E-state index in [1.165, 1.54) is 32.5 Å². The molecule has 2 nitrogen and oxygen atoms in total. The van der Waals surface area contributed by atoms with Gasteiger partial charge in [-0.05, 0) is 66.3 Å². The highest BCUT2D eigenvalue weighted by Crippen LogP contribution is 2.28. The van der Waals surface area contributed by atoms with Gasteiger partial charge in [-0.3, -0.25) is 0 Å². The van der Waals surface area contributed by atoms with Crippen LogP contribution in [0.5, 0.6) is 0 Å². The van der Waals surface area contributed by atoms with Crippen LogP contribution >= 0.6 is 0 Å². The molecule has 0 spiro atoms. The van der Waals surface area contributed by atoms with E-state index >= 15 is 0 Å². The molecule has 0 saturated heterocycles. The average molecular weight is 467 g/mol. The summed E-state index contributed by atoms with van der Waals surface area (Å²) in [6.45, 7) is 8.40. The van der Waals surface area contributed by atoms with Gasteiger partial charge in [0.1, 0.15) is 0 Å². The highest BCUT2D eigenvalue weighted by atomic mass is 14.9. The molecule has 5 aromatic rings. The van der Waals surface area contributed by atoms with E-state index < -0.39 is 0 Å². The number of fused-ring (bicyclic) bond motifs is 1. The molecule has 0 aliphatic carbocycles. The molecule has 4 aromatic carbocycles. The van der Waals surface area contributed by atoms with Crippen molar-refractivity contribution >= 4 is 34.0 Å². The lowest BCUT2D eigenvalue weighted by molar-refractivity contribution is 1.25. The molecule has 0 fully saturated rings. The fourth-order valence-electron chi connectivity index (χ4n) is 4.76. The maximum absolute atomic E-state index is 5.11. The number of benzene rings is 4. The van der Waals surface area contributed by atoms with Crippen molar-refractivity contribution in [2.45, 2.75) is 27.7 Å². The first-order chi connectivity index (χ1) is 17.5. The maximum atomic E-state index is 5.11. The summed E-state index contributed by atoms with van der Waals surface area (Å²) >= 11 is 0. The van der Waals surface area contributed by atoms with Gasteiger partial charge in [-0.2, -0.15) is 0 Å². The Bertz CT molecular complexity index is 1710. The minimum Gasteiger partial charge on any atom is -0.236 e. The Morgan fingerprint density at radius 1 is 0.778 bits per heavy atom. The summed E-state index contributed by atoms with van der Waals surface area (Å²) in [5, 5.41) is 4.67. The third-order valence-electron chi connectivity index (χ3n) is 6.74. The van der Waals surface area contributed by atoms with Crippen LogP contribution in [0, 0.1) is 13.8 Å². The molecule has 36 heavy (non-hydrogen) atoms. The Morgan fingerprint density at radius 2 is 1.53 bits per heavy atom. The third kappa shape index (κ3) is 4.63. The smallest absolute Gasteiger partial charge is 0.155 e. The monoisotopic (exact) mass is 466 g/mol. The van der Waals surface area contributed by atoms with E-state index in [9.17, 15) is 0 Å². The van der Waals surface area contributed by atoms with Gasteiger partial charge in [-0.1, -0.05) is 103 Å². The second kappa shape index (κ2) is 10.1. The molecular formula is C34H30N2. The van der Waals surface area contributed by atoms with E-state index in [0.717, 1.165) is 33.6 Å². The van der Waals surface area contributed by atoms with Gasteiger partial charge >= 0.3 is 0 Å². The van der Waals surface area contributed by atoms with Gasteiger partial charge in [0.2, 0.25) is 0 Å². The molecule has 0 N–H and O–H groups in total. The number of aromatic nitrogens is 1. The number of aryl methyl sites for hydroxylation is 2. The number of hydrogen-bond donors (Lipinski definition) is 0. The largest absolute Gasteiger partial charge is 0.236 e. The van der Waals surface area contributed by atoms with Crippen LogP contribution in [-0.4, -0.2) is 10.7 Å². The number of nitrogens with zero attached hydrogens (tertiary/aromatic N) is 2.